The SMILES string of the molecule is CC.CC(C)n1c(=O)nc(Nc2cccc(C(F)(F)F)c2)n(Cc2ccc(C(F)(F)F)cc2)c1=O. The summed E-state index contributed by atoms with van der Waals surface area (Å²) in [5.74, 6) is -0.346. The van der Waals surface area contributed by atoms with E-state index in [0.29, 0.717) is 0 Å². The van der Waals surface area contributed by atoms with E-state index in [9.17, 15) is 35.9 Å². The first-order valence-electron chi connectivity index (χ1n) is 10.6. The molecule has 1 aromatic heterocycles. The second-order valence-corrected chi connectivity index (χ2v) is 7.45. The summed E-state index contributed by atoms with van der Waals surface area (Å²) in [5.41, 5.74) is -3.38. The minimum Gasteiger partial charge on any atom is -0.325 e. The van der Waals surface area contributed by atoms with Gasteiger partial charge in [0.2, 0.25) is 5.95 Å². The van der Waals surface area contributed by atoms with Crippen molar-refractivity contribution in [1.82, 2.24) is 14.1 Å². The Morgan fingerprint density at radius 2 is 1.46 bits per heavy atom. The normalized spacial score (nSPS) is 11.7. The third-order valence-electron chi connectivity index (χ3n) is 4.68. The van der Waals surface area contributed by atoms with Crippen LogP contribution in [0.15, 0.2) is 58.1 Å². The molecule has 0 radical (unpaired) electrons. The molecule has 3 rings (SSSR count). The lowest BCUT2D eigenvalue weighted by atomic mass is 10.1. The number of halogens is 6. The predicted molar refractivity (Wildman–Crippen MR) is 120 cm³/mol. The van der Waals surface area contributed by atoms with Crippen LogP contribution in [0.5, 0.6) is 0 Å². The summed E-state index contributed by atoms with van der Waals surface area (Å²) in [6.07, 6.45) is -9.16. The molecule has 35 heavy (non-hydrogen) atoms. The minimum absolute atomic E-state index is 0.0837. The zero-order valence-electron chi connectivity index (χ0n) is 19.3. The molecule has 0 aliphatic rings. The van der Waals surface area contributed by atoms with Crippen molar-refractivity contribution in [2.45, 2.75) is 52.6 Å². The molecular formula is C23H24F6N4O2. The highest BCUT2D eigenvalue weighted by molar-refractivity contribution is 5.55. The Bertz CT molecular complexity index is 1260. The highest BCUT2D eigenvalue weighted by atomic mass is 19.4. The molecule has 0 saturated heterocycles. The summed E-state index contributed by atoms with van der Waals surface area (Å²) < 4.78 is 79.4. The number of benzene rings is 2. The number of hydrogen-bond acceptors (Lipinski definition) is 4. The van der Waals surface area contributed by atoms with Crippen LogP contribution in [0.2, 0.25) is 0 Å². The second kappa shape index (κ2) is 10.8. The monoisotopic (exact) mass is 502 g/mol. The van der Waals surface area contributed by atoms with Crippen molar-refractivity contribution in [2.75, 3.05) is 5.32 Å². The van der Waals surface area contributed by atoms with E-state index in [1.54, 1.807) is 13.8 Å². The number of anilines is 2. The van der Waals surface area contributed by atoms with Crippen molar-refractivity contribution < 1.29 is 26.3 Å². The van der Waals surface area contributed by atoms with Gasteiger partial charge in [0, 0.05) is 11.7 Å². The standard InChI is InChI=1S/C21H18F6N4O2.C2H6/c1-12(2)31-18(32)29-17(28-16-5-3-4-15(10-16)21(25,26)27)30(19(31)33)11-13-6-8-14(9-7-13)20(22,23)24;1-2/h3-10,12H,11H2,1-2H3,(H,28,29,32);1-2H3. The number of alkyl halides is 6. The van der Waals surface area contributed by atoms with E-state index in [2.05, 4.69) is 10.3 Å². The van der Waals surface area contributed by atoms with E-state index in [1.165, 1.54) is 6.07 Å². The smallest absolute Gasteiger partial charge is 0.325 e. The third kappa shape index (κ3) is 6.74. The Balaban J connectivity index is 0.00000210. The molecule has 0 aliphatic carbocycles. The van der Waals surface area contributed by atoms with Crippen molar-refractivity contribution in [3.63, 3.8) is 0 Å². The average molecular weight is 502 g/mol. The molecule has 0 atom stereocenters. The summed E-state index contributed by atoms with van der Waals surface area (Å²) in [4.78, 5) is 29.2. The lowest BCUT2D eigenvalue weighted by molar-refractivity contribution is -0.138. The highest BCUT2D eigenvalue weighted by Gasteiger charge is 2.31. The van der Waals surface area contributed by atoms with Crippen molar-refractivity contribution in [3.05, 3.63) is 86.2 Å². The molecule has 1 N–H and O–H groups in total. The maximum Gasteiger partial charge on any atom is 0.416 e. The molecular weight excluding hydrogens is 478 g/mol. The zero-order chi connectivity index (χ0) is 26.6. The van der Waals surface area contributed by atoms with Crippen molar-refractivity contribution in [1.29, 1.82) is 0 Å². The van der Waals surface area contributed by atoms with Gasteiger partial charge in [0.1, 0.15) is 0 Å². The van der Waals surface area contributed by atoms with E-state index in [-0.39, 0.29) is 23.7 Å². The van der Waals surface area contributed by atoms with Gasteiger partial charge in [0.15, 0.2) is 0 Å². The van der Waals surface area contributed by atoms with Crippen LogP contribution >= 0.6 is 0 Å². The quantitative estimate of drug-likeness (QED) is 0.445. The van der Waals surface area contributed by atoms with Crippen LogP contribution in [0.4, 0.5) is 38.0 Å². The molecule has 0 unspecified atom stereocenters. The molecule has 190 valence electrons. The number of aromatic nitrogens is 3. The maximum atomic E-state index is 13.0. The summed E-state index contributed by atoms with van der Waals surface area (Å²) in [7, 11) is 0. The van der Waals surface area contributed by atoms with Crippen LogP contribution in [0.25, 0.3) is 0 Å². The first-order valence-corrected chi connectivity index (χ1v) is 10.6. The van der Waals surface area contributed by atoms with E-state index in [4.69, 9.17) is 0 Å². The Morgan fingerprint density at radius 1 is 0.886 bits per heavy atom. The van der Waals surface area contributed by atoms with Gasteiger partial charge in [-0.1, -0.05) is 32.0 Å². The molecule has 2 aromatic carbocycles. The fourth-order valence-corrected chi connectivity index (χ4v) is 3.07. The zero-order valence-corrected chi connectivity index (χ0v) is 19.3. The van der Waals surface area contributed by atoms with Crippen molar-refractivity contribution in [3.8, 4) is 0 Å². The maximum absolute atomic E-state index is 13.0. The molecule has 0 saturated carbocycles. The topological polar surface area (TPSA) is 68.9 Å². The minimum atomic E-state index is -4.62. The fraction of sp³-hybridized carbons (Fsp3) is 0.348. The van der Waals surface area contributed by atoms with Crippen molar-refractivity contribution >= 4 is 11.6 Å². The van der Waals surface area contributed by atoms with Gasteiger partial charge in [-0.2, -0.15) is 31.3 Å². The molecule has 6 nitrogen and oxygen atoms in total. The van der Waals surface area contributed by atoms with Crippen LogP contribution < -0.4 is 16.7 Å². The number of hydrogen-bond donors (Lipinski definition) is 1. The van der Waals surface area contributed by atoms with E-state index in [0.717, 1.165) is 51.6 Å². The lowest BCUT2D eigenvalue weighted by Crippen LogP contribution is -2.43. The van der Waals surface area contributed by atoms with Crippen LogP contribution in [0.1, 0.15) is 50.4 Å². The van der Waals surface area contributed by atoms with Gasteiger partial charge in [-0.15, -0.1) is 0 Å². The molecule has 0 fully saturated rings. The Kier molecular flexibility index (Phi) is 8.53. The van der Waals surface area contributed by atoms with E-state index in [1.807, 2.05) is 13.8 Å². The van der Waals surface area contributed by atoms with Crippen LogP contribution in [0.3, 0.4) is 0 Å². The first-order chi connectivity index (χ1) is 16.3. The van der Waals surface area contributed by atoms with Crippen LogP contribution in [-0.4, -0.2) is 14.1 Å². The lowest BCUT2D eigenvalue weighted by Gasteiger charge is -2.18. The summed E-state index contributed by atoms with van der Waals surface area (Å²) in [5, 5.41) is 2.55. The molecule has 1 heterocycles. The van der Waals surface area contributed by atoms with Crippen molar-refractivity contribution in [2.24, 2.45) is 0 Å². The van der Waals surface area contributed by atoms with Crippen LogP contribution in [-0.2, 0) is 18.9 Å². The number of nitrogens with zero attached hydrogens (tertiary/aromatic N) is 3. The summed E-state index contributed by atoms with van der Waals surface area (Å²) in [6, 6.07) is 7.48. The van der Waals surface area contributed by atoms with Gasteiger partial charge >= 0.3 is 23.7 Å². The molecule has 3 aromatic rings. The average Bonchev–Trinajstić information content (AvgIpc) is 2.77. The Hall–Kier alpha value is -3.57. The Labute approximate surface area is 196 Å². The summed E-state index contributed by atoms with van der Waals surface area (Å²) in [6.45, 7) is 6.85. The number of rotatable bonds is 5. The molecule has 0 bridgehead atoms. The second-order valence-electron chi connectivity index (χ2n) is 7.45. The largest absolute Gasteiger partial charge is 0.416 e. The molecule has 0 amide bonds. The van der Waals surface area contributed by atoms with Gasteiger partial charge in [0.25, 0.3) is 0 Å². The fourth-order valence-electron chi connectivity index (χ4n) is 3.07. The van der Waals surface area contributed by atoms with Gasteiger partial charge < -0.3 is 5.32 Å². The molecule has 0 spiro atoms. The van der Waals surface area contributed by atoms with E-state index < -0.39 is 40.9 Å². The van der Waals surface area contributed by atoms with Gasteiger partial charge in [-0.3, -0.25) is 4.57 Å². The van der Waals surface area contributed by atoms with Crippen LogP contribution in [0, 0.1) is 0 Å². The van der Waals surface area contributed by atoms with Gasteiger partial charge in [-0.25, -0.2) is 14.2 Å². The van der Waals surface area contributed by atoms with Gasteiger partial charge in [0.05, 0.1) is 17.7 Å². The van der Waals surface area contributed by atoms with Gasteiger partial charge in [-0.05, 0) is 49.7 Å². The molecule has 12 heteroatoms. The predicted octanol–water partition coefficient (Wildman–Crippen LogP) is 5.84. The summed E-state index contributed by atoms with van der Waals surface area (Å²) >= 11 is 0. The Morgan fingerprint density at radius 3 is 1.97 bits per heavy atom. The highest BCUT2D eigenvalue weighted by Crippen LogP contribution is 2.31. The molecule has 0 aliphatic heterocycles. The third-order valence-corrected chi connectivity index (χ3v) is 4.68. The number of nitrogens with one attached hydrogen (secondary N) is 1. The van der Waals surface area contributed by atoms with E-state index >= 15 is 0 Å². The first kappa shape index (κ1) is 27.7.